The van der Waals surface area contributed by atoms with Crippen molar-refractivity contribution in [1.29, 1.82) is 0 Å². The van der Waals surface area contributed by atoms with Crippen molar-refractivity contribution in [1.82, 2.24) is 9.80 Å². The highest BCUT2D eigenvalue weighted by molar-refractivity contribution is 7.79. The summed E-state index contributed by atoms with van der Waals surface area (Å²) in [6, 6.07) is 20.6. The lowest BCUT2D eigenvalue weighted by Crippen LogP contribution is -2.44. The number of fused-ring (bicyclic) bond motifs is 1. The number of carbonyl (C=O) groups excluding carboxylic acids is 2. The predicted molar refractivity (Wildman–Crippen MR) is 133 cm³/mol. The van der Waals surface area contributed by atoms with Crippen molar-refractivity contribution >= 4 is 46.0 Å². The lowest BCUT2D eigenvalue weighted by atomic mass is 10.00. The van der Waals surface area contributed by atoms with Gasteiger partial charge in [-0.3, -0.25) is 9.59 Å². The second kappa shape index (κ2) is 9.92. The molecule has 4 rings (SSSR count). The van der Waals surface area contributed by atoms with E-state index in [1.54, 1.807) is 4.90 Å². The Hall–Kier alpha value is -3.25. The molecule has 0 saturated carbocycles. The topological polar surface area (TPSA) is 52.7 Å². The van der Waals surface area contributed by atoms with Crippen LogP contribution in [0.5, 0.6) is 0 Å². The van der Waals surface area contributed by atoms with Gasteiger partial charge in [0.15, 0.2) is 0 Å². The summed E-state index contributed by atoms with van der Waals surface area (Å²) in [7, 11) is 0. The molecule has 0 radical (unpaired) electrons. The third-order valence-electron chi connectivity index (χ3n) is 6.01. The van der Waals surface area contributed by atoms with Gasteiger partial charge >= 0.3 is 0 Å². The van der Waals surface area contributed by atoms with E-state index in [4.69, 9.17) is 12.2 Å². The van der Waals surface area contributed by atoms with Crippen molar-refractivity contribution in [2.24, 2.45) is 0 Å². The lowest BCUT2D eigenvalue weighted by molar-refractivity contribution is -0.135. The number of hydrogen-bond acceptors (Lipinski definition) is 3. The number of benzene rings is 3. The largest absolute Gasteiger partial charge is 0.352 e. The minimum Gasteiger partial charge on any atom is -0.352 e. The molecule has 1 aliphatic rings. The standard InChI is InChI=1S/C26H27N3O2S/c1-2-29(24(19-10-4-3-5-11-19)26(31)28-14-8-9-15-28)25(30)22-16-20-12-6-7-13-21(20)17-23(22)27-18-32/h3-7,10-13,16-18,24H,2,8-9,14-15H2,1H3,(H,27,32). The summed E-state index contributed by atoms with van der Waals surface area (Å²) in [5.41, 5.74) is 3.37. The number of hydrogen-bond donors (Lipinski definition) is 1. The zero-order chi connectivity index (χ0) is 22.5. The van der Waals surface area contributed by atoms with Crippen LogP contribution in [0.2, 0.25) is 0 Å². The second-order valence-electron chi connectivity index (χ2n) is 7.94. The zero-order valence-corrected chi connectivity index (χ0v) is 19.0. The molecule has 0 spiro atoms. The highest BCUT2D eigenvalue weighted by Crippen LogP contribution is 2.30. The predicted octanol–water partition coefficient (Wildman–Crippen LogP) is 5.03. The van der Waals surface area contributed by atoms with Gasteiger partial charge in [0, 0.05) is 19.6 Å². The number of nitrogens with one attached hydrogen (secondary N) is 1. The van der Waals surface area contributed by atoms with Crippen molar-refractivity contribution < 1.29 is 9.59 Å². The Morgan fingerprint density at radius 2 is 1.66 bits per heavy atom. The normalized spacial score (nSPS) is 14.2. The molecule has 2 amide bonds. The minimum atomic E-state index is -0.668. The Bertz CT molecular complexity index is 1130. The smallest absolute Gasteiger partial charge is 0.256 e. The molecule has 3 aromatic rings. The van der Waals surface area contributed by atoms with E-state index in [-0.39, 0.29) is 11.8 Å². The molecule has 1 atom stereocenters. The molecule has 1 fully saturated rings. The number of amides is 2. The zero-order valence-electron chi connectivity index (χ0n) is 18.2. The van der Waals surface area contributed by atoms with E-state index < -0.39 is 6.04 Å². The molecule has 5 nitrogen and oxygen atoms in total. The molecular formula is C26H27N3O2S. The Labute approximate surface area is 194 Å². The van der Waals surface area contributed by atoms with Crippen LogP contribution in [0.25, 0.3) is 10.8 Å². The Morgan fingerprint density at radius 3 is 2.28 bits per heavy atom. The SMILES string of the molecule is CCN(C(=O)c1cc2ccccc2cc1NC=S)C(C(=O)N1CCCC1)c1ccccc1. The fourth-order valence-electron chi connectivity index (χ4n) is 4.40. The average molecular weight is 446 g/mol. The molecule has 164 valence electrons. The van der Waals surface area contributed by atoms with Gasteiger partial charge in [0.2, 0.25) is 5.91 Å². The Kier molecular flexibility index (Phi) is 6.81. The fraction of sp³-hybridized carbons (Fsp3) is 0.269. The maximum absolute atomic E-state index is 13.9. The molecule has 1 N–H and O–H groups in total. The van der Waals surface area contributed by atoms with Crippen molar-refractivity contribution in [2.75, 3.05) is 25.0 Å². The lowest BCUT2D eigenvalue weighted by Gasteiger charge is -2.33. The summed E-state index contributed by atoms with van der Waals surface area (Å²) in [6.07, 6.45) is 2.00. The summed E-state index contributed by atoms with van der Waals surface area (Å²) in [6.45, 7) is 3.80. The summed E-state index contributed by atoms with van der Waals surface area (Å²) < 4.78 is 0. The van der Waals surface area contributed by atoms with Crippen LogP contribution in [0.15, 0.2) is 66.7 Å². The number of likely N-dealkylation sites (N-methyl/N-ethyl adjacent to an activating group) is 1. The van der Waals surface area contributed by atoms with E-state index in [1.807, 2.05) is 78.6 Å². The molecule has 1 unspecified atom stereocenters. The first-order chi connectivity index (χ1) is 15.6. The summed E-state index contributed by atoms with van der Waals surface area (Å²) >= 11 is 5.02. The van der Waals surface area contributed by atoms with Gasteiger partial charge in [0.25, 0.3) is 5.91 Å². The first kappa shape index (κ1) is 22.0. The third-order valence-corrected chi connectivity index (χ3v) is 6.13. The van der Waals surface area contributed by atoms with Crippen molar-refractivity contribution in [3.63, 3.8) is 0 Å². The summed E-state index contributed by atoms with van der Waals surface area (Å²) in [5, 5.41) is 5.01. The molecule has 1 saturated heterocycles. The average Bonchev–Trinajstić information content (AvgIpc) is 3.37. The van der Waals surface area contributed by atoms with E-state index >= 15 is 0 Å². The molecule has 0 aliphatic carbocycles. The first-order valence-electron chi connectivity index (χ1n) is 11.0. The maximum atomic E-state index is 13.9. The number of nitrogens with zero attached hydrogens (tertiary/aromatic N) is 2. The van der Waals surface area contributed by atoms with Crippen molar-refractivity contribution in [2.45, 2.75) is 25.8 Å². The molecule has 1 heterocycles. The summed E-state index contributed by atoms with van der Waals surface area (Å²) in [4.78, 5) is 31.1. The van der Waals surface area contributed by atoms with Crippen LogP contribution in [0.3, 0.4) is 0 Å². The van der Waals surface area contributed by atoms with Crippen LogP contribution in [0, 0.1) is 0 Å². The number of likely N-dealkylation sites (tertiary alicyclic amines) is 1. The van der Waals surface area contributed by atoms with E-state index in [2.05, 4.69) is 5.32 Å². The number of thiocarbonyl (C=S) groups is 1. The fourth-order valence-corrected chi connectivity index (χ4v) is 4.53. The van der Waals surface area contributed by atoms with E-state index in [0.717, 1.165) is 42.3 Å². The van der Waals surface area contributed by atoms with Crippen molar-refractivity contribution in [3.8, 4) is 0 Å². The molecule has 1 aliphatic heterocycles. The van der Waals surface area contributed by atoms with Crippen molar-refractivity contribution in [3.05, 3.63) is 77.9 Å². The van der Waals surface area contributed by atoms with Crippen LogP contribution in [-0.4, -0.2) is 46.7 Å². The maximum Gasteiger partial charge on any atom is 0.256 e. The highest BCUT2D eigenvalue weighted by Gasteiger charge is 2.35. The van der Waals surface area contributed by atoms with Crippen LogP contribution in [0.1, 0.15) is 41.7 Å². The van der Waals surface area contributed by atoms with Gasteiger partial charge < -0.3 is 15.1 Å². The Balaban J connectivity index is 1.79. The quantitative estimate of drug-likeness (QED) is 0.518. The van der Waals surface area contributed by atoms with Crippen LogP contribution >= 0.6 is 12.2 Å². The molecular weight excluding hydrogens is 418 g/mol. The van der Waals surface area contributed by atoms with Gasteiger partial charge in [0.05, 0.1) is 16.7 Å². The van der Waals surface area contributed by atoms with Gasteiger partial charge in [-0.25, -0.2) is 0 Å². The number of rotatable bonds is 7. The molecule has 0 aromatic heterocycles. The van der Waals surface area contributed by atoms with E-state index in [1.165, 1.54) is 5.49 Å². The first-order valence-corrected chi connectivity index (χ1v) is 11.5. The minimum absolute atomic E-state index is 0.0194. The second-order valence-corrected chi connectivity index (χ2v) is 8.18. The molecule has 0 bridgehead atoms. The van der Waals surface area contributed by atoms with Gasteiger partial charge in [-0.1, -0.05) is 66.8 Å². The van der Waals surface area contributed by atoms with Gasteiger partial charge in [0.1, 0.15) is 6.04 Å². The Morgan fingerprint density at radius 1 is 1.03 bits per heavy atom. The van der Waals surface area contributed by atoms with E-state index in [9.17, 15) is 9.59 Å². The monoisotopic (exact) mass is 445 g/mol. The number of carbonyl (C=O) groups is 2. The van der Waals surface area contributed by atoms with Gasteiger partial charge in [-0.05, 0) is 48.2 Å². The third kappa shape index (κ3) is 4.36. The molecule has 6 heteroatoms. The number of anilines is 1. The molecule has 32 heavy (non-hydrogen) atoms. The van der Waals surface area contributed by atoms with Gasteiger partial charge in [-0.2, -0.15) is 0 Å². The van der Waals surface area contributed by atoms with Crippen LogP contribution < -0.4 is 5.32 Å². The molecule has 3 aromatic carbocycles. The van der Waals surface area contributed by atoms with Crippen LogP contribution in [-0.2, 0) is 4.79 Å². The highest BCUT2D eigenvalue weighted by atomic mass is 32.1. The van der Waals surface area contributed by atoms with E-state index in [0.29, 0.717) is 17.8 Å². The van der Waals surface area contributed by atoms with Crippen LogP contribution in [0.4, 0.5) is 5.69 Å². The summed E-state index contributed by atoms with van der Waals surface area (Å²) in [5.74, 6) is -0.215. The van der Waals surface area contributed by atoms with Gasteiger partial charge in [-0.15, -0.1) is 0 Å².